The smallest absolute Gasteiger partial charge is 0.330 e. The first-order valence-corrected chi connectivity index (χ1v) is 32.7. The van der Waals surface area contributed by atoms with E-state index in [1.54, 1.807) is 36.0 Å². The van der Waals surface area contributed by atoms with Crippen LogP contribution >= 0.6 is 22.7 Å². The average Bonchev–Trinajstić information content (AvgIpc) is 1.57. The second-order valence-corrected chi connectivity index (χ2v) is 26.1. The SMILES string of the molecule is [2H]C([2H])([2H])n1c2ccncc2c2c1sc1[n+]2Cc2cccnc2-1.c1cnc2c(c1)C[n+]1cc3n(cc4ccncn43)c1-2.c1cnc2c(c1)Cn1c-2c[n+]2c3ccncc3sc12.c1cnc2c(c1)Cn1c-2c[n+]2cc3ccncn3c12.c1cnc2c(c1)Cn1c[n+]3cc4cnccn4c3c1-2. The number of fused-ring (bicyclic) bond motifs is 35. The monoisotopic (exact) mass is 1290 g/mol. The molecule has 0 amide bonds. The number of imidazole rings is 7. The van der Waals surface area contributed by atoms with Crippen LogP contribution in [-0.4, -0.2) is 85.7 Å². The first-order valence-electron chi connectivity index (χ1n) is 32.6. The van der Waals surface area contributed by atoms with Crippen molar-refractivity contribution in [1.29, 1.82) is 0 Å². The van der Waals surface area contributed by atoms with Crippen molar-refractivity contribution in [1.82, 2.24) is 85.7 Å². The Morgan fingerprint density at radius 2 is 1.20 bits per heavy atom. The standard InChI is InChI=1S/C15H11N4S.3C14H10N5.C14H9N4S/c1-18-11-4-6-16-7-10(11)13-15(18)20-14-12-9(8-19(13)14)3-2-5-17-12;1-2-10-6-17-8-12-18(14(17)13(10)16-4-1)7-11-3-5-15-9-19(11)12;1-2-10-6-18-12(13(10)16-4-1)8-17-7-11-3-5-15-9-19(11)14(17)18;1-2-10-7-17-9-18-8-11-6-15-4-5-19(11)14(18)13(17)12(10)16-3-1;1-2-9-7-17-11(13(9)16-4-1)8-18-10-3-5-15-6-12(10)19-14(17)18/h2-7H,8H2,1H3;2*1-5,7-9H,6H2;1-6,8-9H,7H2;1-6,8H,7H2/q5*+1/i1D3;;;;. The lowest BCUT2D eigenvalue weighted by atomic mass is 10.2. The summed E-state index contributed by atoms with van der Waals surface area (Å²) in [5.41, 5.74) is 23.7. The lowest BCUT2D eigenvalue weighted by molar-refractivity contribution is -0.670. The molecule has 0 bridgehead atoms. The summed E-state index contributed by atoms with van der Waals surface area (Å²) in [5.74, 6) is 2.27. The number of rotatable bonds is 0. The van der Waals surface area contributed by atoms with Crippen LogP contribution in [0.5, 0.6) is 0 Å². The van der Waals surface area contributed by atoms with Gasteiger partial charge in [0.05, 0.1) is 53.7 Å². The number of aromatic nitrogens is 23. The fraction of sp³-hybridized carbons (Fsp3) is 0.0845. The quantitative estimate of drug-likeness (QED) is 0.133. The molecule has 0 aliphatic carbocycles. The van der Waals surface area contributed by atoms with E-state index < -0.39 is 6.98 Å². The summed E-state index contributed by atoms with van der Waals surface area (Å²) in [6.07, 6.45) is 44.3. The van der Waals surface area contributed by atoms with Crippen LogP contribution in [-0.2, 0) is 39.7 Å². The Kier molecular flexibility index (Phi) is 10.5. The molecule has 25 heteroatoms. The van der Waals surface area contributed by atoms with Gasteiger partial charge < -0.3 is 4.57 Å². The first-order chi connectivity index (χ1) is 48.7. The molecule has 0 unspecified atom stereocenters. The Hall–Kier alpha value is -12.6. The molecule has 0 atom stereocenters. The molecule has 0 saturated carbocycles. The van der Waals surface area contributed by atoms with E-state index in [0.29, 0.717) is 12.1 Å². The molecular formula is C71H50N23S2+5. The number of hydrogen-bond donors (Lipinski definition) is 0. The van der Waals surface area contributed by atoms with Crippen molar-refractivity contribution in [3.63, 3.8) is 0 Å². The topological polar surface area (TPSA) is 186 Å². The van der Waals surface area contributed by atoms with Crippen LogP contribution in [0.25, 0.3) is 126 Å². The van der Waals surface area contributed by atoms with Gasteiger partial charge >= 0.3 is 16.6 Å². The van der Waals surface area contributed by atoms with Gasteiger partial charge in [-0.05, 0) is 77.3 Å². The summed E-state index contributed by atoms with van der Waals surface area (Å²) < 4.78 is 52.7. The van der Waals surface area contributed by atoms with E-state index in [-0.39, 0.29) is 0 Å². The van der Waals surface area contributed by atoms with Crippen molar-refractivity contribution >= 4 is 92.7 Å². The van der Waals surface area contributed by atoms with E-state index in [1.165, 1.54) is 76.0 Å². The highest BCUT2D eigenvalue weighted by atomic mass is 32.1. The van der Waals surface area contributed by atoms with Gasteiger partial charge in [0.15, 0.2) is 69.7 Å². The summed E-state index contributed by atoms with van der Waals surface area (Å²) in [6, 6.07) is 28.4. The van der Waals surface area contributed by atoms with Gasteiger partial charge in [-0.25, -0.2) is 46.8 Å². The minimum atomic E-state index is -2.23. The average molecular weight is 1290 g/mol. The van der Waals surface area contributed by atoms with Gasteiger partial charge in [-0.1, -0.05) is 24.3 Å². The maximum absolute atomic E-state index is 7.91. The van der Waals surface area contributed by atoms with Crippen LogP contribution in [0.3, 0.4) is 0 Å². The van der Waals surface area contributed by atoms with Crippen LogP contribution in [0.15, 0.2) is 228 Å². The summed E-state index contributed by atoms with van der Waals surface area (Å²) in [6.45, 7) is 2.06. The maximum atomic E-state index is 7.91. The fourth-order valence-corrected chi connectivity index (χ4v) is 17.0. The van der Waals surface area contributed by atoms with Crippen LogP contribution in [0.2, 0.25) is 0 Å². The minimum absolute atomic E-state index is 0.695. The van der Waals surface area contributed by atoms with Crippen molar-refractivity contribution in [2.24, 2.45) is 6.98 Å². The van der Waals surface area contributed by atoms with E-state index in [4.69, 9.17) is 4.11 Å². The van der Waals surface area contributed by atoms with Gasteiger partial charge in [0.25, 0.3) is 21.8 Å². The molecule has 25 heterocycles. The summed E-state index contributed by atoms with van der Waals surface area (Å²) >= 11 is 3.26. The number of aryl methyl sites for hydroxylation is 1. The van der Waals surface area contributed by atoms with Crippen molar-refractivity contribution in [3.05, 3.63) is 256 Å². The molecule has 0 fully saturated rings. The molecule has 5 aliphatic heterocycles. The lowest BCUT2D eigenvalue weighted by Gasteiger charge is -1.93. The van der Waals surface area contributed by atoms with Crippen LogP contribution in [0, 0.1) is 0 Å². The molecule has 25 rings (SSSR count). The van der Waals surface area contributed by atoms with Gasteiger partial charge in [0.2, 0.25) is 0 Å². The molecule has 456 valence electrons. The molecule has 20 aromatic heterocycles. The second kappa shape index (κ2) is 20.2. The van der Waals surface area contributed by atoms with E-state index in [1.807, 2.05) is 123 Å². The maximum Gasteiger partial charge on any atom is 0.376 e. The highest BCUT2D eigenvalue weighted by Gasteiger charge is 2.38. The zero-order valence-electron chi connectivity index (χ0n) is 53.5. The molecule has 0 saturated heterocycles. The molecular weight excluding hydrogens is 1240 g/mol. The van der Waals surface area contributed by atoms with Crippen molar-refractivity contribution in [2.45, 2.75) is 32.7 Å². The third-order valence-corrected chi connectivity index (χ3v) is 21.1. The first kappa shape index (κ1) is 50.0. The normalized spacial score (nSPS) is 13.6. The molecule has 0 radical (unpaired) electrons. The third kappa shape index (κ3) is 7.70. The molecule has 0 spiro atoms. The molecule has 0 aromatic carbocycles. The van der Waals surface area contributed by atoms with E-state index >= 15 is 0 Å². The molecule has 96 heavy (non-hydrogen) atoms. The zero-order valence-corrected chi connectivity index (χ0v) is 52.1. The van der Waals surface area contributed by atoms with Crippen LogP contribution in [0.1, 0.15) is 31.9 Å². The zero-order chi connectivity index (χ0) is 65.4. The van der Waals surface area contributed by atoms with E-state index in [2.05, 4.69) is 183 Å². The predicted octanol–water partition coefficient (Wildman–Crippen LogP) is 8.65. The fourth-order valence-electron chi connectivity index (χ4n) is 14.6. The van der Waals surface area contributed by atoms with Gasteiger partial charge in [-0.2, -0.15) is 17.8 Å². The second-order valence-electron chi connectivity index (χ2n) is 24.1. The van der Waals surface area contributed by atoms with Crippen molar-refractivity contribution in [2.75, 3.05) is 0 Å². The Labute approximate surface area is 553 Å². The Balaban J connectivity index is 0.0000000814. The van der Waals surface area contributed by atoms with E-state index in [9.17, 15) is 0 Å². The summed E-state index contributed by atoms with van der Waals surface area (Å²) in [4.78, 5) is 45.5. The number of pyridine rings is 7. The largest absolute Gasteiger partial charge is 0.376 e. The van der Waals surface area contributed by atoms with Gasteiger partial charge in [0, 0.05) is 108 Å². The van der Waals surface area contributed by atoms with Crippen LogP contribution < -0.4 is 22.3 Å². The Bertz CT molecular complexity index is 6740. The Morgan fingerprint density at radius 1 is 0.521 bits per heavy atom. The molecule has 5 aliphatic rings. The van der Waals surface area contributed by atoms with Gasteiger partial charge in [-0.15, -0.1) is 0 Å². The molecule has 23 nitrogen and oxygen atoms in total. The number of nitrogens with zero attached hydrogens (tertiary/aromatic N) is 23. The predicted molar refractivity (Wildman–Crippen MR) is 358 cm³/mol. The van der Waals surface area contributed by atoms with Gasteiger partial charge in [-0.3, -0.25) is 38.9 Å². The van der Waals surface area contributed by atoms with Crippen molar-refractivity contribution < 1.29 is 26.4 Å². The van der Waals surface area contributed by atoms with Crippen molar-refractivity contribution in [3.8, 4) is 56.4 Å². The third-order valence-electron chi connectivity index (χ3n) is 18.8. The molecule has 20 aromatic rings. The highest BCUT2D eigenvalue weighted by Crippen LogP contribution is 2.39. The van der Waals surface area contributed by atoms with E-state index in [0.717, 1.165) is 115 Å². The number of hydrogen-bond acceptors (Lipinski definition) is 12. The highest BCUT2D eigenvalue weighted by molar-refractivity contribution is 7.23. The molecule has 0 N–H and O–H groups in total. The number of thiazole rings is 2. The summed E-state index contributed by atoms with van der Waals surface area (Å²) in [7, 11) is 0. The van der Waals surface area contributed by atoms with Gasteiger partial charge in [0.1, 0.15) is 77.7 Å². The minimum Gasteiger partial charge on any atom is -0.330 e. The summed E-state index contributed by atoms with van der Waals surface area (Å²) in [5, 5.41) is 1.88. The lowest BCUT2D eigenvalue weighted by Crippen LogP contribution is -2.30. The van der Waals surface area contributed by atoms with Crippen LogP contribution in [0.4, 0.5) is 0 Å². The Morgan fingerprint density at radius 3 is 2.02 bits per heavy atom.